The summed E-state index contributed by atoms with van der Waals surface area (Å²) >= 11 is 0. The Morgan fingerprint density at radius 1 is 1.29 bits per heavy atom. The molecular weight excluding hydrogens is 266 g/mol. The molecule has 0 aliphatic heterocycles. The van der Waals surface area contributed by atoms with Gasteiger partial charge in [-0.15, -0.1) is 0 Å². The molecule has 0 aromatic heterocycles. The monoisotopic (exact) mass is 297 g/mol. The van der Waals surface area contributed by atoms with E-state index in [0.29, 0.717) is 31.1 Å². The molecule has 122 valence electrons. The molecule has 0 amide bonds. The number of carbonyl (C=O) groups is 1. The van der Waals surface area contributed by atoms with Crippen LogP contribution in [0.4, 0.5) is 0 Å². The highest BCUT2D eigenvalue weighted by atomic mass is 16.5. The molecule has 4 heteroatoms. The van der Waals surface area contributed by atoms with E-state index in [4.69, 9.17) is 9.47 Å². The van der Waals surface area contributed by atoms with Gasteiger partial charge in [0.25, 0.3) is 0 Å². The van der Waals surface area contributed by atoms with Crippen LogP contribution in [0.1, 0.15) is 59.3 Å². The summed E-state index contributed by atoms with van der Waals surface area (Å²) in [5, 5.41) is 3.56. The van der Waals surface area contributed by atoms with Crippen LogP contribution in [0.3, 0.4) is 0 Å². The van der Waals surface area contributed by atoms with E-state index in [2.05, 4.69) is 19.2 Å². The molecule has 0 spiro atoms. The zero-order valence-electron chi connectivity index (χ0n) is 13.8. The van der Waals surface area contributed by atoms with Crippen LogP contribution < -0.4 is 5.32 Å². The summed E-state index contributed by atoms with van der Waals surface area (Å²) in [7, 11) is 0. The van der Waals surface area contributed by atoms with Gasteiger partial charge < -0.3 is 9.47 Å². The first-order valence-corrected chi connectivity index (χ1v) is 8.65. The van der Waals surface area contributed by atoms with Gasteiger partial charge in [0, 0.05) is 12.6 Å². The molecule has 21 heavy (non-hydrogen) atoms. The average Bonchev–Trinajstić information content (AvgIpc) is 3.31. The second-order valence-corrected chi connectivity index (χ2v) is 6.79. The standard InChI is InChI=1S/C17H31NO3/c1-4-6-13(3)11-20-12-17(14-7-8-14,16(19)21-5-2)18-15-9-10-15/h13-15,18H,4-12H2,1-3H3. The molecule has 2 atom stereocenters. The van der Waals surface area contributed by atoms with E-state index in [-0.39, 0.29) is 5.97 Å². The van der Waals surface area contributed by atoms with Gasteiger partial charge in [0.15, 0.2) is 0 Å². The maximum absolute atomic E-state index is 12.5. The van der Waals surface area contributed by atoms with E-state index >= 15 is 0 Å². The van der Waals surface area contributed by atoms with E-state index in [1.165, 1.54) is 25.7 Å². The van der Waals surface area contributed by atoms with Gasteiger partial charge in [0.2, 0.25) is 0 Å². The highest BCUT2D eigenvalue weighted by Gasteiger charge is 2.54. The van der Waals surface area contributed by atoms with Crippen LogP contribution in [0, 0.1) is 11.8 Å². The van der Waals surface area contributed by atoms with Crippen LogP contribution >= 0.6 is 0 Å². The Morgan fingerprint density at radius 3 is 2.52 bits per heavy atom. The van der Waals surface area contributed by atoms with Crippen molar-refractivity contribution in [1.29, 1.82) is 0 Å². The Balaban J connectivity index is 1.94. The topological polar surface area (TPSA) is 47.6 Å². The lowest BCUT2D eigenvalue weighted by Crippen LogP contribution is -2.59. The number of rotatable bonds is 11. The van der Waals surface area contributed by atoms with E-state index < -0.39 is 5.54 Å². The van der Waals surface area contributed by atoms with Crippen LogP contribution in [-0.2, 0) is 14.3 Å². The molecule has 0 radical (unpaired) electrons. The number of hydrogen-bond acceptors (Lipinski definition) is 4. The molecule has 0 aromatic carbocycles. The van der Waals surface area contributed by atoms with Crippen molar-refractivity contribution in [3.05, 3.63) is 0 Å². The van der Waals surface area contributed by atoms with Crippen molar-refractivity contribution in [3.8, 4) is 0 Å². The van der Waals surface area contributed by atoms with Crippen LogP contribution in [0.2, 0.25) is 0 Å². The Morgan fingerprint density at radius 2 is 2.00 bits per heavy atom. The first-order chi connectivity index (χ1) is 10.1. The lowest BCUT2D eigenvalue weighted by atomic mass is 9.93. The summed E-state index contributed by atoms with van der Waals surface area (Å²) < 4.78 is 11.3. The van der Waals surface area contributed by atoms with E-state index in [9.17, 15) is 4.79 Å². The van der Waals surface area contributed by atoms with Gasteiger partial charge >= 0.3 is 5.97 Å². The summed E-state index contributed by atoms with van der Waals surface area (Å²) in [5.74, 6) is 0.830. The van der Waals surface area contributed by atoms with Crippen molar-refractivity contribution in [3.63, 3.8) is 0 Å². The minimum absolute atomic E-state index is 0.109. The molecule has 2 saturated carbocycles. The fourth-order valence-electron chi connectivity index (χ4n) is 2.99. The molecule has 4 nitrogen and oxygen atoms in total. The molecule has 0 saturated heterocycles. The zero-order chi connectivity index (χ0) is 15.3. The third-order valence-electron chi connectivity index (χ3n) is 4.47. The maximum Gasteiger partial charge on any atom is 0.329 e. The largest absolute Gasteiger partial charge is 0.465 e. The third-order valence-corrected chi connectivity index (χ3v) is 4.47. The number of nitrogens with one attached hydrogen (secondary N) is 1. The van der Waals surface area contributed by atoms with Gasteiger partial charge in [0.1, 0.15) is 5.54 Å². The van der Waals surface area contributed by atoms with Crippen molar-refractivity contribution >= 4 is 5.97 Å². The third kappa shape index (κ3) is 4.68. The van der Waals surface area contributed by atoms with Gasteiger partial charge in [-0.05, 0) is 50.9 Å². The van der Waals surface area contributed by atoms with Crippen LogP contribution in [-0.4, -0.2) is 37.4 Å². The van der Waals surface area contributed by atoms with Crippen LogP contribution in [0.5, 0.6) is 0 Å². The second kappa shape index (κ2) is 7.59. The highest BCUT2D eigenvalue weighted by molar-refractivity contribution is 5.82. The van der Waals surface area contributed by atoms with E-state index in [1.807, 2.05) is 6.92 Å². The maximum atomic E-state index is 12.5. The first-order valence-electron chi connectivity index (χ1n) is 8.65. The van der Waals surface area contributed by atoms with Gasteiger partial charge in [-0.2, -0.15) is 0 Å². The summed E-state index contributed by atoms with van der Waals surface area (Å²) in [6.07, 6.45) is 6.89. The van der Waals surface area contributed by atoms with Gasteiger partial charge in [0.05, 0.1) is 13.2 Å². The Bertz CT molecular complexity index is 339. The predicted octanol–water partition coefficient (Wildman–Crippen LogP) is 2.90. The average molecular weight is 297 g/mol. The molecule has 0 bridgehead atoms. The minimum Gasteiger partial charge on any atom is -0.465 e. The number of ether oxygens (including phenoxy) is 2. The fourth-order valence-corrected chi connectivity index (χ4v) is 2.99. The second-order valence-electron chi connectivity index (χ2n) is 6.79. The molecule has 2 fully saturated rings. The Labute approximate surface area is 129 Å². The number of esters is 1. The normalized spacial score (nSPS) is 22.6. The van der Waals surface area contributed by atoms with Crippen molar-refractivity contribution < 1.29 is 14.3 Å². The van der Waals surface area contributed by atoms with Crippen LogP contribution in [0.25, 0.3) is 0 Å². The van der Waals surface area contributed by atoms with E-state index in [0.717, 1.165) is 19.4 Å². The van der Waals surface area contributed by atoms with Gasteiger partial charge in [-0.3, -0.25) is 5.32 Å². The summed E-state index contributed by atoms with van der Waals surface area (Å²) in [4.78, 5) is 12.5. The Kier molecular flexibility index (Phi) is 6.06. The molecule has 2 unspecified atom stereocenters. The van der Waals surface area contributed by atoms with Crippen molar-refractivity contribution in [2.24, 2.45) is 11.8 Å². The molecule has 2 aliphatic carbocycles. The minimum atomic E-state index is -0.594. The fraction of sp³-hybridized carbons (Fsp3) is 0.941. The quantitative estimate of drug-likeness (QED) is 0.596. The smallest absolute Gasteiger partial charge is 0.329 e. The van der Waals surface area contributed by atoms with E-state index in [1.54, 1.807) is 0 Å². The van der Waals surface area contributed by atoms with Crippen molar-refractivity contribution in [1.82, 2.24) is 5.32 Å². The van der Waals surface area contributed by atoms with Crippen molar-refractivity contribution in [2.75, 3.05) is 19.8 Å². The first kappa shape index (κ1) is 16.8. The Hall–Kier alpha value is -0.610. The molecular formula is C17H31NO3. The lowest BCUT2D eigenvalue weighted by Gasteiger charge is -2.33. The molecule has 2 rings (SSSR count). The zero-order valence-corrected chi connectivity index (χ0v) is 13.8. The lowest BCUT2D eigenvalue weighted by molar-refractivity contribution is -0.156. The van der Waals surface area contributed by atoms with Gasteiger partial charge in [-0.1, -0.05) is 20.3 Å². The molecule has 2 aliphatic rings. The highest BCUT2D eigenvalue weighted by Crippen LogP contribution is 2.42. The number of carbonyl (C=O) groups excluding carboxylic acids is 1. The molecule has 0 aromatic rings. The molecule has 0 heterocycles. The summed E-state index contributed by atoms with van der Waals surface area (Å²) in [6.45, 7) is 7.90. The molecule has 1 N–H and O–H groups in total. The SMILES string of the molecule is CCCC(C)COCC(NC1CC1)(C(=O)OCC)C1CC1. The number of hydrogen-bond donors (Lipinski definition) is 1. The summed E-state index contributed by atoms with van der Waals surface area (Å²) in [5.41, 5.74) is -0.594. The van der Waals surface area contributed by atoms with Gasteiger partial charge in [-0.25, -0.2) is 4.79 Å². The van der Waals surface area contributed by atoms with Crippen molar-refractivity contribution in [2.45, 2.75) is 70.9 Å². The predicted molar refractivity (Wildman–Crippen MR) is 83.1 cm³/mol. The van der Waals surface area contributed by atoms with Crippen LogP contribution in [0.15, 0.2) is 0 Å². The summed E-state index contributed by atoms with van der Waals surface area (Å²) in [6, 6.07) is 0.478.